The molecule has 5 rings (SSSR count). The van der Waals surface area contributed by atoms with Gasteiger partial charge in [-0.1, -0.05) is 60.2 Å². The highest BCUT2D eigenvalue weighted by atomic mass is 19.3. The second kappa shape index (κ2) is 10.9. The molecule has 0 radical (unpaired) electrons. The lowest BCUT2D eigenvalue weighted by atomic mass is 9.98. The van der Waals surface area contributed by atoms with Gasteiger partial charge in [0.1, 0.15) is 40.7 Å². The Balaban J connectivity index is 1.34. The number of ether oxygens (including phenoxy) is 1. The molecule has 204 valence electrons. The molecule has 0 fully saturated rings. The molecule has 0 heterocycles. The van der Waals surface area contributed by atoms with Gasteiger partial charge < -0.3 is 4.74 Å². The van der Waals surface area contributed by atoms with Crippen molar-refractivity contribution in [2.45, 2.75) is 13.0 Å². The monoisotopic (exact) mass is 559 g/mol. The summed E-state index contributed by atoms with van der Waals surface area (Å²) in [7, 11) is 0. The SMILES string of the molecule is Cc1ccc(-c2ccc(C(F)(F)Oc3ccc(-c4ccc(-c5cc(F)c(C#N)c(F)c5)c(F)c4)cc3)c(F)c2)cc1. The number of rotatable bonds is 6. The van der Waals surface area contributed by atoms with E-state index in [1.54, 1.807) is 12.1 Å². The molecule has 0 saturated carbocycles. The fraction of sp³-hybridized carbons (Fsp3) is 0.0606. The van der Waals surface area contributed by atoms with Crippen LogP contribution in [0.1, 0.15) is 16.7 Å². The van der Waals surface area contributed by atoms with Gasteiger partial charge in [-0.25, -0.2) is 17.6 Å². The molecule has 5 aromatic carbocycles. The third kappa shape index (κ3) is 5.66. The molecule has 0 unspecified atom stereocenters. The molecule has 5 aromatic rings. The minimum Gasteiger partial charge on any atom is -0.429 e. The Morgan fingerprint density at radius 1 is 0.585 bits per heavy atom. The van der Waals surface area contributed by atoms with Crippen molar-refractivity contribution in [3.63, 3.8) is 0 Å². The number of alkyl halides is 2. The first-order valence-corrected chi connectivity index (χ1v) is 12.3. The van der Waals surface area contributed by atoms with Gasteiger partial charge in [0.05, 0.1) is 5.56 Å². The molecule has 41 heavy (non-hydrogen) atoms. The number of hydrogen-bond donors (Lipinski definition) is 0. The second-order valence-corrected chi connectivity index (χ2v) is 9.33. The minimum atomic E-state index is -3.98. The van der Waals surface area contributed by atoms with Crippen LogP contribution in [0.2, 0.25) is 0 Å². The van der Waals surface area contributed by atoms with E-state index in [1.165, 1.54) is 48.5 Å². The van der Waals surface area contributed by atoms with Gasteiger partial charge in [-0.2, -0.15) is 14.0 Å². The zero-order valence-corrected chi connectivity index (χ0v) is 21.4. The summed E-state index contributed by atoms with van der Waals surface area (Å²) < 4.78 is 92.2. The Hall–Kier alpha value is -5.03. The highest BCUT2D eigenvalue weighted by Crippen LogP contribution is 2.36. The Labute approximate surface area is 231 Å². The normalized spacial score (nSPS) is 11.3. The first-order valence-electron chi connectivity index (χ1n) is 12.3. The van der Waals surface area contributed by atoms with Gasteiger partial charge in [-0.05, 0) is 77.2 Å². The van der Waals surface area contributed by atoms with Crippen molar-refractivity contribution in [1.82, 2.24) is 0 Å². The maximum Gasteiger partial charge on any atom is 0.429 e. The van der Waals surface area contributed by atoms with Crippen LogP contribution in [0, 0.1) is 41.5 Å². The lowest BCUT2D eigenvalue weighted by molar-refractivity contribution is -0.187. The first kappa shape index (κ1) is 27.5. The molecule has 0 aliphatic carbocycles. The van der Waals surface area contributed by atoms with Gasteiger partial charge in [0.15, 0.2) is 0 Å². The van der Waals surface area contributed by atoms with Gasteiger partial charge in [-0.15, -0.1) is 0 Å². The average molecular weight is 560 g/mol. The lowest BCUT2D eigenvalue weighted by Gasteiger charge is -2.19. The first-order chi connectivity index (χ1) is 19.6. The van der Waals surface area contributed by atoms with E-state index in [0.717, 1.165) is 35.9 Å². The summed E-state index contributed by atoms with van der Waals surface area (Å²) in [5.41, 5.74) is 1.07. The van der Waals surface area contributed by atoms with Crippen LogP contribution >= 0.6 is 0 Å². The van der Waals surface area contributed by atoms with Crippen LogP contribution in [0.3, 0.4) is 0 Å². The lowest BCUT2D eigenvalue weighted by Crippen LogP contribution is -2.23. The van der Waals surface area contributed by atoms with Crippen LogP contribution in [0.5, 0.6) is 5.75 Å². The maximum atomic E-state index is 14.9. The van der Waals surface area contributed by atoms with E-state index >= 15 is 0 Å². The molecule has 0 N–H and O–H groups in total. The quantitative estimate of drug-likeness (QED) is 0.194. The summed E-state index contributed by atoms with van der Waals surface area (Å²) in [5.74, 6) is -4.38. The van der Waals surface area contributed by atoms with E-state index < -0.39 is 40.5 Å². The Morgan fingerprint density at radius 3 is 1.61 bits per heavy atom. The third-order valence-electron chi connectivity index (χ3n) is 6.54. The fourth-order valence-corrected chi connectivity index (χ4v) is 4.36. The van der Waals surface area contributed by atoms with Crippen LogP contribution in [-0.2, 0) is 6.11 Å². The fourth-order valence-electron chi connectivity index (χ4n) is 4.36. The van der Waals surface area contributed by atoms with E-state index in [4.69, 9.17) is 10.00 Å². The summed E-state index contributed by atoms with van der Waals surface area (Å²) in [4.78, 5) is 0. The Kier molecular flexibility index (Phi) is 7.29. The Morgan fingerprint density at radius 2 is 1.07 bits per heavy atom. The van der Waals surface area contributed by atoms with Crippen molar-refractivity contribution in [2.75, 3.05) is 0 Å². The topological polar surface area (TPSA) is 33.0 Å². The van der Waals surface area contributed by atoms with Crippen molar-refractivity contribution >= 4 is 0 Å². The van der Waals surface area contributed by atoms with E-state index in [0.29, 0.717) is 22.3 Å². The van der Waals surface area contributed by atoms with E-state index in [9.17, 15) is 26.3 Å². The number of benzene rings is 5. The van der Waals surface area contributed by atoms with Gasteiger partial charge in [0.25, 0.3) is 0 Å². The van der Waals surface area contributed by atoms with Crippen LogP contribution in [0.4, 0.5) is 26.3 Å². The summed E-state index contributed by atoms with van der Waals surface area (Å²) in [6, 6.07) is 23.0. The molecular formula is C33H19F6NO. The van der Waals surface area contributed by atoms with Crippen LogP contribution in [-0.4, -0.2) is 0 Å². The number of halogens is 6. The standard InChI is InChI=1S/C33H19F6NO/c1-19-2-4-20(5-3-19)23-9-13-28(32(37)15-23)33(38,39)41-25-10-6-21(7-11-25)22-8-12-26(29(34)14-22)24-16-30(35)27(18-40)31(36)17-24/h2-17H,1H3. The largest absolute Gasteiger partial charge is 0.429 e. The van der Waals surface area contributed by atoms with E-state index in [2.05, 4.69) is 0 Å². The molecule has 2 nitrogen and oxygen atoms in total. The van der Waals surface area contributed by atoms with Crippen molar-refractivity contribution < 1.29 is 31.1 Å². The zero-order chi connectivity index (χ0) is 29.3. The summed E-state index contributed by atoms with van der Waals surface area (Å²) in [6.07, 6.45) is -3.98. The minimum absolute atomic E-state index is 0.0897. The van der Waals surface area contributed by atoms with Crippen LogP contribution in [0.15, 0.2) is 97.1 Å². The molecule has 0 aliphatic rings. The number of nitrogens with zero attached hydrogens (tertiary/aromatic N) is 1. The Bertz CT molecular complexity index is 1770. The third-order valence-corrected chi connectivity index (χ3v) is 6.54. The highest BCUT2D eigenvalue weighted by Gasteiger charge is 2.37. The zero-order valence-electron chi connectivity index (χ0n) is 21.4. The van der Waals surface area contributed by atoms with E-state index in [-0.39, 0.29) is 16.9 Å². The molecule has 0 aliphatic heterocycles. The molecule has 0 bridgehead atoms. The number of nitriles is 1. The number of aryl methyl sites for hydroxylation is 1. The van der Waals surface area contributed by atoms with Gasteiger partial charge in [-0.3, -0.25) is 0 Å². The van der Waals surface area contributed by atoms with Gasteiger partial charge in [0, 0.05) is 5.56 Å². The van der Waals surface area contributed by atoms with Crippen molar-refractivity contribution in [3.05, 3.63) is 137 Å². The summed E-state index contributed by atoms with van der Waals surface area (Å²) in [6.45, 7) is 1.90. The average Bonchev–Trinajstić information content (AvgIpc) is 2.93. The van der Waals surface area contributed by atoms with Gasteiger partial charge >= 0.3 is 6.11 Å². The maximum absolute atomic E-state index is 14.9. The molecule has 0 atom stereocenters. The predicted octanol–water partition coefficient (Wildman–Crippen LogP) is 9.55. The molecule has 0 aromatic heterocycles. The van der Waals surface area contributed by atoms with Gasteiger partial charge in [0.2, 0.25) is 0 Å². The van der Waals surface area contributed by atoms with E-state index in [1.807, 2.05) is 19.1 Å². The van der Waals surface area contributed by atoms with Crippen molar-refractivity contribution in [1.29, 1.82) is 5.26 Å². The predicted molar refractivity (Wildman–Crippen MR) is 143 cm³/mol. The number of hydrogen-bond acceptors (Lipinski definition) is 2. The smallest absolute Gasteiger partial charge is 0.429 e. The second-order valence-electron chi connectivity index (χ2n) is 9.33. The molecule has 0 spiro atoms. The molecule has 8 heteroatoms. The summed E-state index contributed by atoms with van der Waals surface area (Å²) >= 11 is 0. The van der Waals surface area contributed by atoms with Crippen LogP contribution < -0.4 is 4.74 Å². The molecule has 0 amide bonds. The van der Waals surface area contributed by atoms with Crippen molar-refractivity contribution in [3.8, 4) is 45.2 Å². The summed E-state index contributed by atoms with van der Waals surface area (Å²) in [5, 5.41) is 8.81. The molecule has 0 saturated heterocycles. The highest BCUT2D eigenvalue weighted by molar-refractivity contribution is 5.72. The van der Waals surface area contributed by atoms with Crippen molar-refractivity contribution in [2.24, 2.45) is 0 Å². The van der Waals surface area contributed by atoms with Crippen LogP contribution in [0.25, 0.3) is 33.4 Å². The molecular weight excluding hydrogens is 540 g/mol.